The summed E-state index contributed by atoms with van der Waals surface area (Å²) in [6.07, 6.45) is 1.30. The lowest BCUT2D eigenvalue weighted by atomic mass is 10.1. The summed E-state index contributed by atoms with van der Waals surface area (Å²) in [5.74, 6) is 0.287. The molecule has 0 bridgehead atoms. The second-order valence-electron chi connectivity index (χ2n) is 4.07. The molecule has 20 heavy (non-hydrogen) atoms. The van der Waals surface area contributed by atoms with Crippen LogP contribution >= 0.6 is 12.4 Å². The third-order valence-electron chi connectivity index (χ3n) is 2.68. The number of hydrogen-bond acceptors (Lipinski definition) is 2. The number of hydrogen-bond donors (Lipinski definition) is 1. The van der Waals surface area contributed by atoms with E-state index in [9.17, 15) is 4.39 Å². The Morgan fingerprint density at radius 1 is 1.00 bits per heavy atom. The molecule has 2 rings (SSSR count). The van der Waals surface area contributed by atoms with Crippen LogP contribution in [0, 0.1) is 0 Å². The average Bonchev–Trinajstić information content (AvgIpc) is 2.47. The highest BCUT2D eigenvalue weighted by molar-refractivity contribution is 5.85. The van der Waals surface area contributed by atoms with Gasteiger partial charge in [-0.15, -0.1) is 12.4 Å². The van der Waals surface area contributed by atoms with Crippen molar-refractivity contribution in [3.63, 3.8) is 0 Å². The van der Waals surface area contributed by atoms with Gasteiger partial charge in [0.15, 0.2) is 0 Å². The Balaban J connectivity index is 0.00000200. The summed E-state index contributed by atoms with van der Waals surface area (Å²) < 4.78 is 18.4. The van der Waals surface area contributed by atoms with E-state index in [-0.39, 0.29) is 31.4 Å². The maximum absolute atomic E-state index is 13.1. The van der Waals surface area contributed by atoms with Crippen molar-refractivity contribution in [3.05, 3.63) is 66.5 Å². The van der Waals surface area contributed by atoms with Crippen molar-refractivity contribution in [2.75, 3.05) is 13.2 Å². The molecule has 0 amide bonds. The summed E-state index contributed by atoms with van der Waals surface area (Å²) >= 11 is 0. The van der Waals surface area contributed by atoms with Gasteiger partial charge in [0.25, 0.3) is 0 Å². The van der Waals surface area contributed by atoms with Gasteiger partial charge in [0, 0.05) is 6.54 Å². The zero-order valence-electron chi connectivity index (χ0n) is 11.0. The summed E-state index contributed by atoms with van der Waals surface area (Å²) in [5, 5.41) is 0. The topological polar surface area (TPSA) is 35.2 Å². The van der Waals surface area contributed by atoms with Crippen molar-refractivity contribution in [2.24, 2.45) is 5.73 Å². The minimum absolute atomic E-state index is 0. The number of rotatable bonds is 5. The first-order chi connectivity index (χ1) is 9.29. The first kappa shape index (κ1) is 16.2. The average molecular weight is 294 g/mol. The molecule has 0 atom stereocenters. The van der Waals surface area contributed by atoms with Gasteiger partial charge in [-0.3, -0.25) is 0 Å². The van der Waals surface area contributed by atoms with Crippen molar-refractivity contribution in [3.8, 4) is 16.9 Å². The van der Waals surface area contributed by atoms with Crippen LogP contribution in [0.5, 0.6) is 5.75 Å². The van der Waals surface area contributed by atoms with Crippen LogP contribution in [-0.2, 0) is 0 Å². The van der Waals surface area contributed by atoms with E-state index in [1.54, 1.807) is 0 Å². The largest absolute Gasteiger partial charge is 0.487 e. The van der Waals surface area contributed by atoms with Crippen LogP contribution in [0.1, 0.15) is 0 Å². The molecule has 0 heterocycles. The van der Waals surface area contributed by atoms with Crippen LogP contribution in [0.2, 0.25) is 0 Å². The molecule has 0 saturated carbocycles. The third-order valence-corrected chi connectivity index (χ3v) is 2.68. The number of benzene rings is 2. The van der Waals surface area contributed by atoms with Crippen LogP contribution in [0.25, 0.3) is 11.1 Å². The molecule has 0 fully saturated rings. The number of ether oxygens (including phenoxy) is 1. The molecular formula is C16H17ClFNO. The van der Waals surface area contributed by atoms with Crippen LogP contribution in [0.4, 0.5) is 4.39 Å². The second kappa shape index (κ2) is 8.35. The lowest BCUT2D eigenvalue weighted by Crippen LogP contribution is -2.01. The summed E-state index contributed by atoms with van der Waals surface area (Å²) in [4.78, 5) is 0. The van der Waals surface area contributed by atoms with E-state index >= 15 is 0 Å². The monoisotopic (exact) mass is 293 g/mol. The molecule has 0 aliphatic heterocycles. The lowest BCUT2D eigenvalue weighted by Gasteiger charge is -2.06. The standard InChI is InChI=1S/C16H16FNO.ClH/c17-15(10-11-18)12-19-16-8-6-14(7-9-16)13-4-2-1-3-5-13;/h1-10H,11-12,18H2;1H/b15-10+;. The van der Waals surface area contributed by atoms with E-state index in [2.05, 4.69) is 0 Å². The number of halogens is 2. The van der Waals surface area contributed by atoms with Crippen LogP contribution in [0.15, 0.2) is 66.5 Å². The normalized spacial score (nSPS) is 10.8. The van der Waals surface area contributed by atoms with Gasteiger partial charge in [-0.05, 0) is 29.3 Å². The van der Waals surface area contributed by atoms with Gasteiger partial charge in [-0.1, -0.05) is 42.5 Å². The fraction of sp³-hybridized carbons (Fsp3) is 0.125. The van der Waals surface area contributed by atoms with Crippen molar-refractivity contribution < 1.29 is 9.13 Å². The maximum Gasteiger partial charge on any atom is 0.139 e. The molecule has 0 aromatic heterocycles. The zero-order valence-corrected chi connectivity index (χ0v) is 11.8. The molecule has 2 aromatic rings. The van der Waals surface area contributed by atoms with Crippen LogP contribution in [0.3, 0.4) is 0 Å². The van der Waals surface area contributed by atoms with Crippen molar-refractivity contribution in [1.82, 2.24) is 0 Å². The summed E-state index contributed by atoms with van der Waals surface area (Å²) in [7, 11) is 0. The summed E-state index contributed by atoms with van der Waals surface area (Å²) in [5.41, 5.74) is 7.46. The Kier molecular flexibility index (Phi) is 6.77. The van der Waals surface area contributed by atoms with E-state index in [0.717, 1.165) is 11.1 Å². The summed E-state index contributed by atoms with van der Waals surface area (Å²) in [6.45, 7) is 0.101. The van der Waals surface area contributed by atoms with E-state index < -0.39 is 0 Å². The van der Waals surface area contributed by atoms with Gasteiger partial charge in [0.05, 0.1) is 0 Å². The summed E-state index contributed by atoms with van der Waals surface area (Å²) in [6, 6.07) is 17.6. The van der Waals surface area contributed by atoms with E-state index in [4.69, 9.17) is 10.5 Å². The van der Waals surface area contributed by atoms with Gasteiger partial charge in [0.1, 0.15) is 18.2 Å². The number of nitrogens with two attached hydrogens (primary N) is 1. The molecule has 4 heteroatoms. The van der Waals surface area contributed by atoms with Crippen molar-refractivity contribution >= 4 is 12.4 Å². The molecule has 106 valence electrons. The highest BCUT2D eigenvalue weighted by atomic mass is 35.5. The van der Waals surface area contributed by atoms with Crippen LogP contribution < -0.4 is 10.5 Å². The molecule has 0 spiro atoms. The van der Waals surface area contributed by atoms with E-state index in [1.165, 1.54) is 6.08 Å². The van der Waals surface area contributed by atoms with E-state index in [0.29, 0.717) is 5.75 Å². The molecule has 2 N–H and O–H groups in total. The molecule has 0 aliphatic rings. The molecule has 0 saturated heterocycles. The van der Waals surface area contributed by atoms with Gasteiger partial charge in [-0.2, -0.15) is 0 Å². The third kappa shape index (κ3) is 4.68. The smallest absolute Gasteiger partial charge is 0.139 e. The van der Waals surface area contributed by atoms with Crippen molar-refractivity contribution in [2.45, 2.75) is 0 Å². The quantitative estimate of drug-likeness (QED) is 0.905. The Bertz CT molecular complexity index is 540. The molecule has 2 nitrogen and oxygen atoms in total. The Morgan fingerprint density at radius 2 is 1.60 bits per heavy atom. The minimum atomic E-state index is -0.352. The maximum atomic E-state index is 13.1. The minimum Gasteiger partial charge on any atom is -0.487 e. The molecule has 2 aromatic carbocycles. The highest BCUT2D eigenvalue weighted by Crippen LogP contribution is 2.22. The van der Waals surface area contributed by atoms with Crippen molar-refractivity contribution in [1.29, 1.82) is 0 Å². The zero-order chi connectivity index (χ0) is 13.5. The van der Waals surface area contributed by atoms with Gasteiger partial charge >= 0.3 is 0 Å². The fourth-order valence-electron chi connectivity index (χ4n) is 1.71. The Labute approximate surface area is 124 Å². The fourth-order valence-corrected chi connectivity index (χ4v) is 1.71. The molecule has 0 aliphatic carbocycles. The predicted molar refractivity (Wildman–Crippen MR) is 82.9 cm³/mol. The molecule has 0 unspecified atom stereocenters. The van der Waals surface area contributed by atoms with E-state index in [1.807, 2.05) is 54.6 Å². The lowest BCUT2D eigenvalue weighted by molar-refractivity contribution is 0.318. The van der Waals surface area contributed by atoms with Gasteiger partial charge in [-0.25, -0.2) is 4.39 Å². The SMILES string of the molecule is Cl.NC/C=C(/F)COc1ccc(-c2ccccc2)cc1. The first-order valence-electron chi connectivity index (χ1n) is 6.12. The Hall–Kier alpha value is -1.84. The van der Waals surface area contributed by atoms with Gasteiger partial charge in [0.2, 0.25) is 0 Å². The predicted octanol–water partition coefficient (Wildman–Crippen LogP) is 3.97. The molecular weight excluding hydrogens is 277 g/mol. The van der Waals surface area contributed by atoms with Gasteiger partial charge < -0.3 is 10.5 Å². The Morgan fingerprint density at radius 3 is 2.20 bits per heavy atom. The highest BCUT2D eigenvalue weighted by Gasteiger charge is 1.99. The second-order valence-corrected chi connectivity index (χ2v) is 4.07. The van der Waals surface area contributed by atoms with Crippen LogP contribution in [-0.4, -0.2) is 13.2 Å². The molecule has 0 radical (unpaired) electrons. The first-order valence-corrected chi connectivity index (χ1v) is 6.12.